The molecule has 3 N–H and O–H groups in total. The third kappa shape index (κ3) is 3.35. The van der Waals surface area contributed by atoms with E-state index in [1.54, 1.807) is 0 Å². The molecule has 17 heavy (non-hydrogen) atoms. The fraction of sp³-hybridized carbons (Fsp3) is 0.200. The Hall–Kier alpha value is -2.28. The van der Waals surface area contributed by atoms with Crippen LogP contribution >= 0.6 is 0 Å². The topological polar surface area (TPSA) is 124 Å². The zero-order valence-electron chi connectivity index (χ0n) is 8.70. The normalized spacial score (nSPS) is 11.8. The number of carboxylic acids is 1. The quantitative estimate of drug-likeness (QED) is 0.439. The maximum atomic E-state index is 11.5. The largest absolute Gasteiger partial charge is 0.480 e. The van der Waals surface area contributed by atoms with E-state index in [0.29, 0.717) is 0 Å². The molecule has 0 aliphatic rings. The molecule has 0 aromatic heterocycles. The molecule has 0 amide bonds. The summed E-state index contributed by atoms with van der Waals surface area (Å²) in [5.41, 5.74) is 5.27. The molecule has 0 fully saturated rings. The molecule has 0 aliphatic carbocycles. The van der Waals surface area contributed by atoms with E-state index in [-0.39, 0.29) is 17.7 Å². The molecule has 1 aromatic carbocycles. The Balaban J connectivity index is 2.77. The van der Waals surface area contributed by atoms with Gasteiger partial charge in [0.25, 0.3) is 5.69 Å². The van der Waals surface area contributed by atoms with Crippen LogP contribution in [0.15, 0.2) is 24.3 Å². The van der Waals surface area contributed by atoms with Crippen molar-refractivity contribution in [2.75, 3.05) is 0 Å². The van der Waals surface area contributed by atoms with Crippen molar-refractivity contribution in [3.05, 3.63) is 39.9 Å². The molecule has 1 aromatic rings. The third-order valence-electron chi connectivity index (χ3n) is 2.12. The van der Waals surface area contributed by atoms with E-state index in [1.165, 1.54) is 24.3 Å². The average molecular weight is 238 g/mol. The maximum Gasteiger partial charge on any atom is 0.320 e. The molecule has 0 radical (unpaired) electrons. The number of nitrogens with two attached hydrogens (primary N) is 1. The van der Waals surface area contributed by atoms with E-state index >= 15 is 0 Å². The number of nitro groups is 1. The van der Waals surface area contributed by atoms with Gasteiger partial charge in [-0.1, -0.05) is 0 Å². The summed E-state index contributed by atoms with van der Waals surface area (Å²) < 4.78 is 0. The van der Waals surface area contributed by atoms with Gasteiger partial charge in [0.2, 0.25) is 0 Å². The highest BCUT2D eigenvalue weighted by molar-refractivity contribution is 5.98. The van der Waals surface area contributed by atoms with Crippen LogP contribution in [0.4, 0.5) is 5.69 Å². The first-order chi connectivity index (χ1) is 7.91. The standard InChI is InChI=1S/C10H10N2O5/c11-8(10(14)15)5-9(13)6-1-3-7(4-2-6)12(16)17/h1-4,8H,5,11H2,(H,14,15)/t8-/m0/s1. The first kappa shape index (κ1) is 12.8. The molecule has 0 unspecified atom stereocenters. The van der Waals surface area contributed by atoms with Gasteiger partial charge in [-0.15, -0.1) is 0 Å². The van der Waals surface area contributed by atoms with Gasteiger partial charge in [0, 0.05) is 24.1 Å². The summed E-state index contributed by atoms with van der Waals surface area (Å²) in [5.74, 6) is -1.73. The van der Waals surface area contributed by atoms with E-state index in [2.05, 4.69) is 0 Å². The highest BCUT2D eigenvalue weighted by atomic mass is 16.6. The van der Waals surface area contributed by atoms with Crippen LogP contribution in [0.3, 0.4) is 0 Å². The fourth-order valence-electron chi connectivity index (χ4n) is 1.17. The number of hydrogen-bond acceptors (Lipinski definition) is 5. The summed E-state index contributed by atoms with van der Waals surface area (Å²) in [7, 11) is 0. The zero-order valence-corrected chi connectivity index (χ0v) is 8.70. The molecule has 90 valence electrons. The summed E-state index contributed by atoms with van der Waals surface area (Å²) in [6.45, 7) is 0. The summed E-state index contributed by atoms with van der Waals surface area (Å²) >= 11 is 0. The molecule has 7 nitrogen and oxygen atoms in total. The second-order valence-corrected chi connectivity index (χ2v) is 3.38. The van der Waals surface area contributed by atoms with Crippen LogP contribution in [0.2, 0.25) is 0 Å². The third-order valence-corrected chi connectivity index (χ3v) is 2.12. The van der Waals surface area contributed by atoms with Crippen LogP contribution in [0.25, 0.3) is 0 Å². The highest BCUT2D eigenvalue weighted by Gasteiger charge is 2.18. The summed E-state index contributed by atoms with van der Waals surface area (Å²) in [5, 5.41) is 18.9. The zero-order chi connectivity index (χ0) is 13.0. The second-order valence-electron chi connectivity index (χ2n) is 3.38. The molecular formula is C10H10N2O5. The van der Waals surface area contributed by atoms with Crippen LogP contribution in [-0.2, 0) is 4.79 Å². The molecule has 1 rings (SSSR count). The first-order valence-electron chi connectivity index (χ1n) is 4.68. The number of nitro benzene ring substituents is 1. The van der Waals surface area contributed by atoms with Crippen molar-refractivity contribution >= 4 is 17.4 Å². The van der Waals surface area contributed by atoms with Gasteiger partial charge in [-0.2, -0.15) is 0 Å². The molecule has 7 heteroatoms. The van der Waals surface area contributed by atoms with Gasteiger partial charge in [-0.3, -0.25) is 19.7 Å². The molecule has 0 aliphatic heterocycles. The molecule has 1 atom stereocenters. The number of carboxylic acid groups (broad SMARTS) is 1. The number of nitrogens with zero attached hydrogens (tertiary/aromatic N) is 1. The Labute approximate surface area is 96.0 Å². The number of hydrogen-bond donors (Lipinski definition) is 2. The van der Waals surface area contributed by atoms with Crippen molar-refractivity contribution in [1.82, 2.24) is 0 Å². The van der Waals surface area contributed by atoms with Crippen molar-refractivity contribution in [3.8, 4) is 0 Å². The van der Waals surface area contributed by atoms with Crippen LogP contribution in [0, 0.1) is 10.1 Å². The van der Waals surface area contributed by atoms with Crippen LogP contribution in [-0.4, -0.2) is 27.8 Å². The van der Waals surface area contributed by atoms with Gasteiger partial charge >= 0.3 is 5.97 Å². The lowest BCUT2D eigenvalue weighted by Gasteiger charge is -2.04. The van der Waals surface area contributed by atoms with Crippen molar-refractivity contribution in [2.45, 2.75) is 12.5 Å². The van der Waals surface area contributed by atoms with Crippen molar-refractivity contribution in [2.24, 2.45) is 5.73 Å². The van der Waals surface area contributed by atoms with Crippen LogP contribution in [0.1, 0.15) is 16.8 Å². The van der Waals surface area contributed by atoms with E-state index in [4.69, 9.17) is 10.8 Å². The summed E-state index contributed by atoms with van der Waals surface area (Å²) in [6, 6.07) is 3.64. The predicted molar refractivity (Wildman–Crippen MR) is 57.7 cm³/mol. The van der Waals surface area contributed by atoms with Crippen molar-refractivity contribution < 1.29 is 19.6 Å². The molecule has 0 bridgehead atoms. The molecular weight excluding hydrogens is 228 g/mol. The first-order valence-corrected chi connectivity index (χ1v) is 4.68. The smallest absolute Gasteiger partial charge is 0.320 e. The Morgan fingerprint density at radius 2 is 1.88 bits per heavy atom. The minimum absolute atomic E-state index is 0.135. The van der Waals surface area contributed by atoms with Crippen LogP contribution in [0.5, 0.6) is 0 Å². The Bertz CT molecular complexity index is 454. The number of aliphatic carboxylic acids is 1. The van der Waals surface area contributed by atoms with Gasteiger partial charge in [0.05, 0.1) is 4.92 Å². The monoisotopic (exact) mass is 238 g/mol. The Morgan fingerprint density at radius 3 is 2.29 bits per heavy atom. The average Bonchev–Trinajstić information content (AvgIpc) is 2.28. The number of carbonyl (C=O) groups excluding carboxylic acids is 1. The SMILES string of the molecule is N[C@@H](CC(=O)c1ccc([N+](=O)[O-])cc1)C(=O)O. The van der Waals surface area contributed by atoms with Crippen molar-refractivity contribution in [1.29, 1.82) is 0 Å². The minimum atomic E-state index is -1.27. The van der Waals surface area contributed by atoms with Gasteiger partial charge < -0.3 is 10.8 Å². The summed E-state index contributed by atoms with van der Waals surface area (Å²) in [4.78, 5) is 31.8. The number of carbonyl (C=O) groups is 2. The Kier molecular flexibility index (Phi) is 3.89. The van der Waals surface area contributed by atoms with Crippen molar-refractivity contribution in [3.63, 3.8) is 0 Å². The molecule has 0 saturated carbocycles. The van der Waals surface area contributed by atoms with E-state index in [0.717, 1.165) is 0 Å². The number of benzene rings is 1. The molecule has 0 heterocycles. The second kappa shape index (κ2) is 5.17. The van der Waals surface area contributed by atoms with Crippen LogP contribution < -0.4 is 5.73 Å². The maximum absolute atomic E-state index is 11.5. The summed E-state index contributed by atoms with van der Waals surface area (Å²) in [6.07, 6.45) is -0.340. The van der Waals surface area contributed by atoms with Gasteiger partial charge in [-0.05, 0) is 12.1 Å². The number of rotatable bonds is 5. The van der Waals surface area contributed by atoms with Gasteiger partial charge in [-0.25, -0.2) is 0 Å². The van der Waals surface area contributed by atoms with E-state index in [1.807, 2.05) is 0 Å². The number of Topliss-reactive ketones (excluding diaryl/α,β-unsaturated/α-hetero) is 1. The van der Waals surface area contributed by atoms with Gasteiger partial charge in [0.1, 0.15) is 6.04 Å². The molecule has 0 spiro atoms. The van der Waals surface area contributed by atoms with Gasteiger partial charge in [0.15, 0.2) is 5.78 Å². The Morgan fingerprint density at radius 1 is 1.35 bits per heavy atom. The van der Waals surface area contributed by atoms with E-state index in [9.17, 15) is 19.7 Å². The van der Waals surface area contributed by atoms with E-state index < -0.39 is 22.7 Å². The fourth-order valence-corrected chi connectivity index (χ4v) is 1.17. The molecule has 0 saturated heterocycles. The number of non-ortho nitro benzene ring substituents is 1. The predicted octanol–water partition coefficient (Wildman–Crippen LogP) is 0.580. The lowest BCUT2D eigenvalue weighted by atomic mass is 10.0. The highest BCUT2D eigenvalue weighted by Crippen LogP contribution is 2.13. The minimum Gasteiger partial charge on any atom is -0.480 e. The number of ketones is 1. The lowest BCUT2D eigenvalue weighted by Crippen LogP contribution is -2.32. The lowest BCUT2D eigenvalue weighted by molar-refractivity contribution is -0.384.